The molecule has 3 aromatic carbocycles. The SMILES string of the molecule is CN[C@@H](C)C(=O)N[C@H](C(=O)N1CCC[C@H]1Cc1c(-c2ccc(-c3c([C@@H](C)[C@@H]4CCCN4C(=O)[C@@H](NC(=O)[C@H](C)NC)C(C)(C)C)c4ccccc4n3CCO)cc2)n(CCO)c2ccccc12)C(C)(C)C. The lowest BCUT2D eigenvalue weighted by Crippen LogP contribution is -2.58. The Balaban J connectivity index is 1.29. The van der Waals surface area contributed by atoms with Crippen molar-refractivity contribution in [3.8, 4) is 22.5 Å². The number of nitrogens with one attached hydrogen (secondary N) is 4. The molecule has 4 amide bonds. The van der Waals surface area contributed by atoms with Crippen LogP contribution in [0, 0.1) is 10.8 Å². The fraction of sp³-hybridized carbons (Fsp3) is 0.544. The van der Waals surface area contributed by atoms with E-state index in [-0.39, 0.29) is 54.8 Å². The largest absolute Gasteiger partial charge is 0.395 e. The number of carbonyl (C=O) groups is 4. The van der Waals surface area contributed by atoms with Gasteiger partial charge in [-0.3, -0.25) is 19.2 Å². The maximum absolute atomic E-state index is 14.7. The Morgan fingerprint density at radius 3 is 1.59 bits per heavy atom. The van der Waals surface area contributed by atoms with Crippen molar-refractivity contribution >= 4 is 45.4 Å². The Labute approximate surface area is 420 Å². The van der Waals surface area contributed by atoms with Crippen LogP contribution in [-0.2, 0) is 38.7 Å². The van der Waals surface area contributed by atoms with Gasteiger partial charge in [0.05, 0.1) is 36.7 Å². The van der Waals surface area contributed by atoms with E-state index in [1.165, 1.54) is 0 Å². The highest BCUT2D eigenvalue weighted by Gasteiger charge is 2.44. The molecule has 2 aromatic heterocycles. The lowest BCUT2D eigenvalue weighted by molar-refractivity contribution is -0.141. The smallest absolute Gasteiger partial charge is 0.245 e. The molecule has 2 aliphatic heterocycles. The molecule has 0 bridgehead atoms. The number of hydrogen-bond acceptors (Lipinski definition) is 8. The van der Waals surface area contributed by atoms with Gasteiger partial charge in [-0.1, -0.05) is 109 Å². The van der Waals surface area contributed by atoms with Crippen LogP contribution in [0.3, 0.4) is 0 Å². The second kappa shape index (κ2) is 22.1. The number of benzene rings is 3. The minimum atomic E-state index is -0.717. The molecule has 384 valence electrons. The first-order valence-corrected chi connectivity index (χ1v) is 25.9. The standard InChI is InChI=1S/C57H80N8O6/c1-35(44-23-17-29-65(44)55(71)51(57(7,8)9)61-53(69)37(3)59-11)47-42-20-13-15-22-46(42)64(31-33-67)49(47)39-26-24-38(25-27-39)48-43(41-19-12-14-21-45(41)63(48)30-32-66)34-40-18-16-28-62(40)54(70)50(56(4,5)6)60-52(68)36(2)58-10/h12-15,19-22,24-27,35-37,40,44,50-51,58-59,66-67H,16-18,23,28-34H2,1-11H3,(H,60,68)(H,61,69)/t35-,36-,37-,40-,44-,50+,51+/m0/s1. The second-order valence-corrected chi connectivity index (χ2v) is 22.1. The average molecular weight is 973 g/mol. The number of aromatic nitrogens is 2. The predicted octanol–water partition coefficient (Wildman–Crippen LogP) is 6.82. The van der Waals surface area contributed by atoms with E-state index in [4.69, 9.17) is 0 Å². The van der Waals surface area contributed by atoms with Crippen LogP contribution in [0.15, 0.2) is 72.8 Å². The summed E-state index contributed by atoms with van der Waals surface area (Å²) < 4.78 is 4.41. The number of likely N-dealkylation sites (N-methyl/N-ethyl adjacent to an activating group) is 2. The van der Waals surface area contributed by atoms with Crippen LogP contribution in [0.5, 0.6) is 0 Å². The van der Waals surface area contributed by atoms with Gasteiger partial charge in [-0.2, -0.15) is 0 Å². The summed E-state index contributed by atoms with van der Waals surface area (Å²) in [5.41, 5.74) is 7.09. The zero-order valence-electron chi connectivity index (χ0n) is 44.1. The number of nitrogens with zero attached hydrogens (tertiary/aromatic N) is 4. The fourth-order valence-corrected chi connectivity index (χ4v) is 11.2. The van der Waals surface area contributed by atoms with Gasteiger partial charge in [0.2, 0.25) is 23.6 Å². The number of aliphatic hydroxyl groups excluding tert-OH is 2. The average Bonchev–Trinajstić information content (AvgIpc) is 4.16. The first kappa shape index (κ1) is 53.3. The molecular weight excluding hydrogens is 893 g/mol. The summed E-state index contributed by atoms with van der Waals surface area (Å²) in [5, 5.41) is 35.5. The Kier molecular flexibility index (Phi) is 16.6. The maximum Gasteiger partial charge on any atom is 0.245 e. The van der Waals surface area contributed by atoms with Crippen molar-refractivity contribution in [1.82, 2.24) is 40.2 Å². The monoisotopic (exact) mass is 973 g/mol. The van der Waals surface area contributed by atoms with E-state index in [0.29, 0.717) is 32.6 Å². The highest BCUT2D eigenvalue weighted by molar-refractivity contribution is 5.96. The summed E-state index contributed by atoms with van der Waals surface area (Å²) in [6.07, 6.45) is 3.93. The van der Waals surface area contributed by atoms with E-state index >= 15 is 0 Å². The molecule has 6 N–H and O–H groups in total. The molecule has 7 atom stereocenters. The molecule has 0 saturated carbocycles. The van der Waals surface area contributed by atoms with Gasteiger partial charge in [0.15, 0.2) is 0 Å². The molecule has 0 unspecified atom stereocenters. The summed E-state index contributed by atoms with van der Waals surface area (Å²) in [6, 6.07) is 22.6. The van der Waals surface area contributed by atoms with Crippen molar-refractivity contribution in [2.75, 3.05) is 40.4 Å². The van der Waals surface area contributed by atoms with Crippen molar-refractivity contribution in [3.63, 3.8) is 0 Å². The molecule has 14 heteroatoms. The van der Waals surface area contributed by atoms with Gasteiger partial charge in [0, 0.05) is 66.0 Å². The van der Waals surface area contributed by atoms with Gasteiger partial charge in [-0.15, -0.1) is 0 Å². The molecule has 2 fully saturated rings. The zero-order chi connectivity index (χ0) is 51.5. The third-order valence-corrected chi connectivity index (χ3v) is 15.3. The molecule has 5 aromatic rings. The molecule has 0 spiro atoms. The number of aliphatic hydroxyl groups is 2. The van der Waals surface area contributed by atoms with Crippen LogP contribution < -0.4 is 21.3 Å². The fourth-order valence-electron chi connectivity index (χ4n) is 11.2. The van der Waals surface area contributed by atoms with Crippen molar-refractivity contribution < 1.29 is 29.4 Å². The number of para-hydroxylation sites is 2. The first-order chi connectivity index (χ1) is 33.8. The number of likely N-dealkylation sites (tertiary alicyclic amines) is 2. The number of amides is 4. The minimum absolute atomic E-state index is 0.0591. The quantitative estimate of drug-likeness (QED) is 0.0556. The number of rotatable bonds is 18. The lowest BCUT2D eigenvalue weighted by atomic mass is 9.84. The van der Waals surface area contributed by atoms with Gasteiger partial charge >= 0.3 is 0 Å². The van der Waals surface area contributed by atoms with Crippen molar-refractivity contribution in [2.45, 2.75) is 150 Å². The third kappa shape index (κ3) is 10.8. The summed E-state index contributed by atoms with van der Waals surface area (Å²) in [5.74, 6) is -0.687. The van der Waals surface area contributed by atoms with Crippen molar-refractivity contribution in [1.29, 1.82) is 0 Å². The Morgan fingerprint density at radius 2 is 1.07 bits per heavy atom. The Bertz CT molecular complexity index is 2690. The lowest BCUT2D eigenvalue weighted by Gasteiger charge is -2.38. The summed E-state index contributed by atoms with van der Waals surface area (Å²) in [7, 11) is 3.47. The van der Waals surface area contributed by atoms with Crippen molar-refractivity contribution in [2.24, 2.45) is 10.8 Å². The molecular formula is C57H80N8O6. The van der Waals surface area contributed by atoms with Crippen molar-refractivity contribution in [3.05, 3.63) is 83.9 Å². The summed E-state index contributed by atoms with van der Waals surface area (Å²) in [4.78, 5) is 59.8. The second-order valence-electron chi connectivity index (χ2n) is 22.1. The van der Waals surface area contributed by atoms with E-state index in [1.54, 1.807) is 27.9 Å². The predicted molar refractivity (Wildman–Crippen MR) is 284 cm³/mol. The normalized spacial score (nSPS) is 18.7. The number of hydrogen-bond donors (Lipinski definition) is 6. The van der Waals surface area contributed by atoms with E-state index in [2.05, 4.69) is 85.9 Å². The number of fused-ring (bicyclic) bond motifs is 2. The van der Waals surface area contributed by atoms with Gasteiger partial charge in [-0.05, 0) is 105 Å². The topological polar surface area (TPSA) is 173 Å². The molecule has 0 radical (unpaired) electrons. The van der Waals surface area contributed by atoms with Crippen LogP contribution in [0.4, 0.5) is 0 Å². The molecule has 0 aliphatic carbocycles. The first-order valence-electron chi connectivity index (χ1n) is 25.9. The highest BCUT2D eigenvalue weighted by Crippen LogP contribution is 2.45. The number of carbonyl (C=O) groups excluding carboxylic acids is 4. The van der Waals surface area contributed by atoms with E-state index in [9.17, 15) is 29.4 Å². The molecule has 7 rings (SSSR count). The highest BCUT2D eigenvalue weighted by atomic mass is 16.3. The van der Waals surface area contributed by atoms with Gasteiger partial charge in [0.1, 0.15) is 12.1 Å². The van der Waals surface area contributed by atoms with Crippen LogP contribution in [-0.4, -0.2) is 129 Å². The van der Waals surface area contributed by atoms with Crippen LogP contribution in [0.2, 0.25) is 0 Å². The van der Waals surface area contributed by atoms with E-state index < -0.39 is 35.0 Å². The molecule has 2 aliphatic rings. The third-order valence-electron chi connectivity index (χ3n) is 15.3. The minimum Gasteiger partial charge on any atom is -0.395 e. The summed E-state index contributed by atoms with van der Waals surface area (Å²) >= 11 is 0. The van der Waals surface area contributed by atoms with Crippen LogP contribution >= 0.6 is 0 Å². The van der Waals surface area contributed by atoms with E-state index in [1.807, 2.05) is 75.6 Å². The molecule has 4 heterocycles. The zero-order valence-corrected chi connectivity index (χ0v) is 44.1. The van der Waals surface area contributed by atoms with Gasteiger partial charge in [-0.25, -0.2) is 0 Å². The van der Waals surface area contributed by atoms with Crippen LogP contribution in [0.1, 0.15) is 105 Å². The molecule has 14 nitrogen and oxygen atoms in total. The summed E-state index contributed by atoms with van der Waals surface area (Å²) in [6.45, 7) is 19.6. The molecule has 2 saturated heterocycles. The maximum atomic E-state index is 14.7. The van der Waals surface area contributed by atoms with Gasteiger partial charge in [0.25, 0.3) is 0 Å². The molecule has 71 heavy (non-hydrogen) atoms. The van der Waals surface area contributed by atoms with Gasteiger partial charge < -0.3 is 50.4 Å². The Morgan fingerprint density at radius 1 is 0.620 bits per heavy atom. The van der Waals surface area contributed by atoms with E-state index in [0.717, 1.165) is 81.1 Å². The Hall–Kier alpha value is -5.54. The van der Waals surface area contributed by atoms with Crippen LogP contribution in [0.25, 0.3) is 44.3 Å².